The molecule has 0 fully saturated rings. The van der Waals surface area contributed by atoms with Crippen LogP contribution in [-0.2, 0) is 18.9 Å². The molecule has 108 valence electrons. The van der Waals surface area contributed by atoms with Crippen molar-refractivity contribution in [3.05, 3.63) is 12.2 Å². The second kappa shape index (κ2) is 7.01. The largest absolute Gasteiger partial charge is 0.508 e. The van der Waals surface area contributed by atoms with E-state index in [9.17, 15) is 9.59 Å². The first-order chi connectivity index (χ1) is 9.01. The van der Waals surface area contributed by atoms with Gasteiger partial charge >= 0.3 is 12.3 Å². The smallest absolute Gasteiger partial charge is 0.438 e. The van der Waals surface area contributed by atoms with Crippen LogP contribution in [0.4, 0.5) is 9.59 Å². The van der Waals surface area contributed by atoms with Crippen LogP contribution in [0.5, 0.6) is 0 Å². The Hall–Kier alpha value is -1.72. The molecule has 0 saturated heterocycles. The third-order valence-corrected chi connectivity index (χ3v) is 3.14. The number of carbonyl (C=O) groups is 2. The predicted molar refractivity (Wildman–Crippen MR) is 66.8 cm³/mol. The highest BCUT2D eigenvalue weighted by Crippen LogP contribution is 2.30. The summed E-state index contributed by atoms with van der Waals surface area (Å²) in [6.07, 6.45) is 4.47. The highest BCUT2D eigenvalue weighted by atomic mass is 16.8. The molecule has 0 saturated carbocycles. The van der Waals surface area contributed by atoms with Crippen molar-refractivity contribution in [2.45, 2.75) is 44.3 Å². The molecule has 0 heterocycles. The minimum absolute atomic E-state index is 0.542. The lowest BCUT2D eigenvalue weighted by Crippen LogP contribution is -2.46. The topological polar surface area (TPSA) is 71.1 Å². The van der Waals surface area contributed by atoms with Crippen LogP contribution in [0.1, 0.15) is 32.6 Å². The Morgan fingerprint density at radius 1 is 1.11 bits per heavy atom. The maximum absolute atomic E-state index is 11.4. The normalized spacial score (nSPS) is 28.5. The van der Waals surface area contributed by atoms with Crippen molar-refractivity contribution in [2.75, 3.05) is 14.2 Å². The Morgan fingerprint density at radius 2 is 1.74 bits per heavy atom. The molecule has 19 heavy (non-hydrogen) atoms. The minimum Gasteiger partial charge on any atom is -0.438 e. The quantitative estimate of drug-likeness (QED) is 0.568. The van der Waals surface area contributed by atoms with Gasteiger partial charge in [-0.05, 0) is 32.6 Å². The first-order valence-electron chi connectivity index (χ1n) is 6.18. The molecule has 0 aromatic rings. The van der Waals surface area contributed by atoms with Gasteiger partial charge in [0.1, 0.15) is 6.10 Å². The maximum atomic E-state index is 11.4. The summed E-state index contributed by atoms with van der Waals surface area (Å²) < 4.78 is 19.5. The Bertz CT molecular complexity index is 351. The molecule has 0 radical (unpaired) electrons. The van der Waals surface area contributed by atoms with Crippen molar-refractivity contribution < 1.29 is 28.5 Å². The molecule has 0 aliphatic heterocycles. The van der Waals surface area contributed by atoms with Crippen LogP contribution in [0.25, 0.3) is 0 Å². The van der Waals surface area contributed by atoms with Gasteiger partial charge in [0.2, 0.25) is 0 Å². The zero-order valence-electron chi connectivity index (χ0n) is 11.5. The average Bonchev–Trinajstić information content (AvgIpc) is 2.38. The summed E-state index contributed by atoms with van der Waals surface area (Å²) in [5.74, 6) is 0. The standard InChI is InChI=1S/C13H20O6/c1-13(19-12(15)17-3)9-7-5-4-6-8-10(13)18-11(14)16-2/h4-5,10H,6-9H2,1-3H3/b5-4-. The molecular weight excluding hydrogens is 252 g/mol. The molecule has 0 amide bonds. The molecule has 6 nitrogen and oxygen atoms in total. The lowest BCUT2D eigenvalue weighted by molar-refractivity contribution is -0.109. The number of ether oxygens (including phenoxy) is 4. The van der Waals surface area contributed by atoms with E-state index >= 15 is 0 Å². The second-order valence-electron chi connectivity index (χ2n) is 4.52. The number of methoxy groups -OCH3 is 2. The minimum atomic E-state index is -0.925. The Morgan fingerprint density at radius 3 is 2.37 bits per heavy atom. The third kappa shape index (κ3) is 4.46. The summed E-state index contributed by atoms with van der Waals surface area (Å²) in [6.45, 7) is 1.73. The molecule has 0 N–H and O–H groups in total. The van der Waals surface area contributed by atoms with Crippen LogP contribution in [0.15, 0.2) is 12.2 Å². The fourth-order valence-electron chi connectivity index (χ4n) is 2.02. The van der Waals surface area contributed by atoms with E-state index in [0.29, 0.717) is 12.8 Å². The molecular formula is C13H20O6. The van der Waals surface area contributed by atoms with Crippen LogP contribution in [0.3, 0.4) is 0 Å². The van der Waals surface area contributed by atoms with Gasteiger partial charge in [-0.3, -0.25) is 0 Å². The Kier molecular flexibility index (Phi) is 5.66. The lowest BCUT2D eigenvalue weighted by atomic mass is 9.88. The molecule has 0 bridgehead atoms. The molecule has 0 aromatic heterocycles. The van der Waals surface area contributed by atoms with Gasteiger partial charge in [-0.1, -0.05) is 12.2 Å². The number of carbonyl (C=O) groups excluding carboxylic acids is 2. The van der Waals surface area contributed by atoms with E-state index in [1.165, 1.54) is 14.2 Å². The van der Waals surface area contributed by atoms with Crippen molar-refractivity contribution in [1.29, 1.82) is 0 Å². The number of allylic oxidation sites excluding steroid dienone is 2. The van der Waals surface area contributed by atoms with Gasteiger partial charge in [0, 0.05) is 0 Å². The second-order valence-corrected chi connectivity index (χ2v) is 4.52. The molecule has 1 aliphatic carbocycles. The predicted octanol–water partition coefficient (Wildman–Crippen LogP) is 2.81. The molecule has 6 heteroatoms. The zero-order valence-corrected chi connectivity index (χ0v) is 11.5. The summed E-state index contributed by atoms with van der Waals surface area (Å²) >= 11 is 0. The van der Waals surface area contributed by atoms with Crippen molar-refractivity contribution in [3.63, 3.8) is 0 Å². The number of hydrogen-bond acceptors (Lipinski definition) is 6. The van der Waals surface area contributed by atoms with Crippen molar-refractivity contribution in [1.82, 2.24) is 0 Å². The number of rotatable bonds is 2. The van der Waals surface area contributed by atoms with Crippen LogP contribution < -0.4 is 0 Å². The van der Waals surface area contributed by atoms with Gasteiger partial charge in [-0.2, -0.15) is 0 Å². The van der Waals surface area contributed by atoms with E-state index in [0.717, 1.165) is 12.8 Å². The van der Waals surface area contributed by atoms with Crippen LogP contribution in [0, 0.1) is 0 Å². The van der Waals surface area contributed by atoms with E-state index in [1.807, 2.05) is 12.2 Å². The maximum Gasteiger partial charge on any atom is 0.508 e. The monoisotopic (exact) mass is 272 g/mol. The molecule has 0 aromatic carbocycles. The average molecular weight is 272 g/mol. The number of hydrogen-bond donors (Lipinski definition) is 0. The summed E-state index contributed by atoms with van der Waals surface area (Å²) in [4.78, 5) is 22.6. The Balaban J connectivity index is 2.85. The zero-order chi connectivity index (χ0) is 14.3. The van der Waals surface area contributed by atoms with Gasteiger partial charge < -0.3 is 18.9 Å². The van der Waals surface area contributed by atoms with Crippen molar-refractivity contribution in [3.8, 4) is 0 Å². The summed E-state index contributed by atoms with van der Waals surface area (Å²) in [7, 11) is 2.48. The van der Waals surface area contributed by atoms with Gasteiger partial charge in [0.05, 0.1) is 14.2 Å². The summed E-state index contributed by atoms with van der Waals surface area (Å²) in [5.41, 5.74) is -0.925. The fraction of sp³-hybridized carbons (Fsp3) is 0.692. The van der Waals surface area contributed by atoms with Crippen LogP contribution >= 0.6 is 0 Å². The van der Waals surface area contributed by atoms with Gasteiger partial charge in [-0.15, -0.1) is 0 Å². The van der Waals surface area contributed by atoms with Gasteiger partial charge in [-0.25, -0.2) is 9.59 Å². The molecule has 1 aliphatic rings. The lowest BCUT2D eigenvalue weighted by Gasteiger charge is -2.36. The Labute approximate surface area is 112 Å². The van der Waals surface area contributed by atoms with E-state index in [4.69, 9.17) is 9.47 Å². The van der Waals surface area contributed by atoms with E-state index in [1.54, 1.807) is 6.92 Å². The first kappa shape index (κ1) is 15.3. The molecule has 0 spiro atoms. The molecule has 2 unspecified atom stereocenters. The first-order valence-corrected chi connectivity index (χ1v) is 6.18. The van der Waals surface area contributed by atoms with Crippen molar-refractivity contribution >= 4 is 12.3 Å². The van der Waals surface area contributed by atoms with Gasteiger partial charge in [0.25, 0.3) is 0 Å². The van der Waals surface area contributed by atoms with E-state index in [2.05, 4.69) is 9.47 Å². The van der Waals surface area contributed by atoms with Crippen LogP contribution in [0.2, 0.25) is 0 Å². The SMILES string of the molecule is COC(=O)OC1CC/C=C\CCC1(C)OC(=O)OC. The van der Waals surface area contributed by atoms with E-state index in [-0.39, 0.29) is 0 Å². The highest BCUT2D eigenvalue weighted by Gasteiger charge is 2.41. The highest BCUT2D eigenvalue weighted by molar-refractivity contribution is 5.61. The van der Waals surface area contributed by atoms with Crippen LogP contribution in [-0.4, -0.2) is 38.2 Å². The molecule has 1 rings (SSSR count). The van der Waals surface area contributed by atoms with E-state index < -0.39 is 24.0 Å². The summed E-state index contributed by atoms with van der Waals surface area (Å²) in [6, 6.07) is 0. The van der Waals surface area contributed by atoms with Crippen molar-refractivity contribution in [2.24, 2.45) is 0 Å². The molecule has 2 atom stereocenters. The fourth-order valence-corrected chi connectivity index (χ4v) is 2.02. The summed E-state index contributed by atoms with van der Waals surface area (Å²) in [5, 5.41) is 0. The van der Waals surface area contributed by atoms with Gasteiger partial charge in [0.15, 0.2) is 5.60 Å². The third-order valence-electron chi connectivity index (χ3n) is 3.14.